The molecule has 1 fully saturated rings. The van der Waals surface area contributed by atoms with Gasteiger partial charge in [0, 0.05) is 24.7 Å². The minimum Gasteiger partial charge on any atom is -0.313 e. The highest BCUT2D eigenvalue weighted by atomic mass is 19.1. The van der Waals surface area contributed by atoms with Crippen LogP contribution < -0.4 is 10.6 Å². The van der Waals surface area contributed by atoms with E-state index in [1.807, 2.05) is 6.07 Å². The molecular formula is C12H17FN2. The molecule has 82 valence electrons. The molecule has 0 spiro atoms. The Kier molecular flexibility index (Phi) is 2.76. The highest BCUT2D eigenvalue weighted by molar-refractivity contribution is 5.21. The number of halogens is 1. The van der Waals surface area contributed by atoms with E-state index in [2.05, 4.69) is 24.5 Å². The van der Waals surface area contributed by atoms with E-state index in [4.69, 9.17) is 0 Å². The van der Waals surface area contributed by atoms with Gasteiger partial charge in [0.15, 0.2) is 0 Å². The predicted molar refractivity (Wildman–Crippen MR) is 59.2 cm³/mol. The SMILES string of the molecule is CC1(C)CNCC(c2cccc(F)c2)N1. The van der Waals surface area contributed by atoms with Crippen molar-refractivity contribution in [1.82, 2.24) is 10.6 Å². The maximum absolute atomic E-state index is 13.1. The fraction of sp³-hybridized carbons (Fsp3) is 0.500. The number of rotatable bonds is 1. The lowest BCUT2D eigenvalue weighted by molar-refractivity contribution is 0.264. The smallest absolute Gasteiger partial charge is 0.123 e. The summed E-state index contributed by atoms with van der Waals surface area (Å²) in [4.78, 5) is 0. The topological polar surface area (TPSA) is 24.1 Å². The molecule has 0 saturated carbocycles. The molecule has 1 saturated heterocycles. The Morgan fingerprint density at radius 3 is 2.87 bits per heavy atom. The van der Waals surface area contributed by atoms with E-state index in [-0.39, 0.29) is 17.4 Å². The van der Waals surface area contributed by atoms with Crippen molar-refractivity contribution < 1.29 is 4.39 Å². The van der Waals surface area contributed by atoms with Gasteiger partial charge in [-0.3, -0.25) is 0 Å². The van der Waals surface area contributed by atoms with Gasteiger partial charge < -0.3 is 10.6 Å². The molecule has 0 aliphatic carbocycles. The van der Waals surface area contributed by atoms with Crippen LogP contribution in [0.2, 0.25) is 0 Å². The van der Waals surface area contributed by atoms with Crippen LogP contribution in [0.15, 0.2) is 24.3 Å². The molecule has 1 atom stereocenters. The van der Waals surface area contributed by atoms with Crippen LogP contribution in [-0.2, 0) is 0 Å². The van der Waals surface area contributed by atoms with E-state index in [1.54, 1.807) is 12.1 Å². The third-order valence-corrected chi connectivity index (χ3v) is 2.73. The molecule has 1 aromatic carbocycles. The normalized spacial score (nSPS) is 25.1. The minimum absolute atomic E-state index is 0.0647. The Bertz CT molecular complexity index is 349. The summed E-state index contributed by atoms with van der Waals surface area (Å²) in [5.74, 6) is -0.169. The fourth-order valence-corrected chi connectivity index (χ4v) is 2.03. The molecule has 1 unspecified atom stereocenters. The first-order valence-electron chi connectivity index (χ1n) is 5.31. The first-order valence-corrected chi connectivity index (χ1v) is 5.31. The van der Waals surface area contributed by atoms with Gasteiger partial charge in [-0.25, -0.2) is 4.39 Å². The van der Waals surface area contributed by atoms with E-state index < -0.39 is 0 Å². The van der Waals surface area contributed by atoms with Crippen LogP contribution in [0.3, 0.4) is 0 Å². The molecule has 1 heterocycles. The van der Waals surface area contributed by atoms with E-state index in [0.717, 1.165) is 18.7 Å². The lowest BCUT2D eigenvalue weighted by Crippen LogP contribution is -2.56. The Balaban J connectivity index is 2.17. The highest BCUT2D eigenvalue weighted by Gasteiger charge is 2.27. The summed E-state index contributed by atoms with van der Waals surface area (Å²) in [6.07, 6.45) is 0. The largest absolute Gasteiger partial charge is 0.313 e. The summed E-state index contributed by atoms with van der Waals surface area (Å²) in [6.45, 7) is 6.09. The number of hydrogen-bond donors (Lipinski definition) is 2. The van der Waals surface area contributed by atoms with Crippen LogP contribution in [0, 0.1) is 5.82 Å². The second kappa shape index (κ2) is 3.91. The summed E-state index contributed by atoms with van der Waals surface area (Å²) in [5.41, 5.74) is 1.07. The van der Waals surface area contributed by atoms with Crippen LogP contribution >= 0.6 is 0 Å². The lowest BCUT2D eigenvalue weighted by Gasteiger charge is -2.38. The molecule has 1 aromatic rings. The molecule has 0 amide bonds. The van der Waals surface area contributed by atoms with Crippen molar-refractivity contribution in [2.24, 2.45) is 0 Å². The summed E-state index contributed by atoms with van der Waals surface area (Å²) in [6, 6.07) is 6.99. The molecule has 0 bridgehead atoms. The summed E-state index contributed by atoms with van der Waals surface area (Å²) >= 11 is 0. The van der Waals surface area contributed by atoms with Gasteiger partial charge in [-0.2, -0.15) is 0 Å². The maximum atomic E-state index is 13.1. The Hall–Kier alpha value is -0.930. The zero-order valence-corrected chi connectivity index (χ0v) is 9.18. The number of piperazine rings is 1. The van der Waals surface area contributed by atoms with E-state index in [9.17, 15) is 4.39 Å². The second-order valence-electron chi connectivity index (χ2n) is 4.77. The van der Waals surface area contributed by atoms with Crippen molar-refractivity contribution in [2.75, 3.05) is 13.1 Å². The molecule has 1 aliphatic rings. The lowest BCUT2D eigenvalue weighted by atomic mass is 9.96. The summed E-state index contributed by atoms with van der Waals surface area (Å²) < 4.78 is 13.1. The average molecular weight is 208 g/mol. The number of benzene rings is 1. The Morgan fingerprint density at radius 1 is 1.40 bits per heavy atom. The van der Waals surface area contributed by atoms with Gasteiger partial charge in [0.25, 0.3) is 0 Å². The number of nitrogens with one attached hydrogen (secondary N) is 2. The van der Waals surface area contributed by atoms with Crippen LogP contribution in [-0.4, -0.2) is 18.6 Å². The monoisotopic (exact) mass is 208 g/mol. The fourth-order valence-electron chi connectivity index (χ4n) is 2.03. The quantitative estimate of drug-likeness (QED) is 0.736. The first-order chi connectivity index (χ1) is 7.07. The van der Waals surface area contributed by atoms with Gasteiger partial charge >= 0.3 is 0 Å². The van der Waals surface area contributed by atoms with Gasteiger partial charge in [-0.05, 0) is 31.5 Å². The van der Waals surface area contributed by atoms with Gasteiger partial charge in [0.1, 0.15) is 5.82 Å². The molecule has 2 nitrogen and oxygen atoms in total. The third kappa shape index (κ3) is 2.55. The molecule has 2 N–H and O–H groups in total. The highest BCUT2D eigenvalue weighted by Crippen LogP contribution is 2.20. The zero-order valence-electron chi connectivity index (χ0n) is 9.18. The van der Waals surface area contributed by atoms with Gasteiger partial charge in [0.2, 0.25) is 0 Å². The zero-order chi connectivity index (χ0) is 10.9. The minimum atomic E-state index is -0.169. The van der Waals surface area contributed by atoms with Gasteiger partial charge in [0.05, 0.1) is 0 Å². The third-order valence-electron chi connectivity index (χ3n) is 2.73. The summed E-state index contributed by atoms with van der Waals surface area (Å²) in [7, 11) is 0. The first kappa shape index (κ1) is 10.6. The van der Waals surface area contributed by atoms with E-state index in [0.29, 0.717) is 0 Å². The van der Waals surface area contributed by atoms with E-state index in [1.165, 1.54) is 6.07 Å². The Morgan fingerprint density at radius 2 is 2.20 bits per heavy atom. The molecular weight excluding hydrogens is 191 g/mol. The molecule has 3 heteroatoms. The predicted octanol–water partition coefficient (Wildman–Crippen LogP) is 1.84. The van der Waals surface area contributed by atoms with Gasteiger partial charge in [-0.1, -0.05) is 12.1 Å². The van der Waals surface area contributed by atoms with Crippen molar-refractivity contribution in [3.05, 3.63) is 35.6 Å². The molecule has 2 rings (SSSR count). The number of hydrogen-bond acceptors (Lipinski definition) is 2. The van der Waals surface area contributed by atoms with Crippen LogP contribution in [0.5, 0.6) is 0 Å². The van der Waals surface area contributed by atoms with Crippen molar-refractivity contribution in [1.29, 1.82) is 0 Å². The van der Waals surface area contributed by atoms with Crippen LogP contribution in [0.25, 0.3) is 0 Å². The average Bonchev–Trinajstić information content (AvgIpc) is 2.16. The Labute approximate surface area is 89.9 Å². The second-order valence-corrected chi connectivity index (χ2v) is 4.77. The van der Waals surface area contributed by atoms with Crippen molar-refractivity contribution in [3.8, 4) is 0 Å². The standard InChI is InChI=1S/C12H17FN2/c1-12(2)8-14-7-11(15-12)9-4-3-5-10(13)6-9/h3-6,11,14-15H,7-8H2,1-2H3. The van der Waals surface area contributed by atoms with Crippen molar-refractivity contribution >= 4 is 0 Å². The van der Waals surface area contributed by atoms with Crippen LogP contribution in [0.4, 0.5) is 4.39 Å². The molecule has 15 heavy (non-hydrogen) atoms. The summed E-state index contributed by atoms with van der Waals surface area (Å²) in [5, 5.41) is 6.87. The van der Waals surface area contributed by atoms with Gasteiger partial charge in [-0.15, -0.1) is 0 Å². The maximum Gasteiger partial charge on any atom is 0.123 e. The van der Waals surface area contributed by atoms with E-state index >= 15 is 0 Å². The molecule has 0 radical (unpaired) electrons. The van der Waals surface area contributed by atoms with Crippen molar-refractivity contribution in [2.45, 2.75) is 25.4 Å². The van der Waals surface area contributed by atoms with Crippen molar-refractivity contribution in [3.63, 3.8) is 0 Å². The van der Waals surface area contributed by atoms with Crippen LogP contribution in [0.1, 0.15) is 25.5 Å². The molecule has 0 aromatic heterocycles. The molecule has 1 aliphatic heterocycles.